The summed E-state index contributed by atoms with van der Waals surface area (Å²) in [6.07, 6.45) is 7.75. The number of benzene rings is 1. The van der Waals surface area contributed by atoms with Crippen LogP contribution in [0.3, 0.4) is 0 Å². The van der Waals surface area contributed by atoms with Gasteiger partial charge in [-0.25, -0.2) is 0 Å². The molecule has 0 saturated carbocycles. The molecule has 1 heterocycles. The molecule has 2 heteroatoms. The third kappa shape index (κ3) is 2.51. The zero-order valence-electron chi connectivity index (χ0n) is 12.9. The van der Waals surface area contributed by atoms with Gasteiger partial charge in [-0.15, -0.1) is 11.3 Å². The number of rotatable bonds is 6. The van der Waals surface area contributed by atoms with Crippen LogP contribution in [0.25, 0.3) is 10.4 Å². The average Bonchev–Trinajstić information content (AvgIpc) is 2.99. The molecule has 0 fully saturated rings. The van der Waals surface area contributed by atoms with Crippen molar-refractivity contribution in [3.05, 3.63) is 45.2 Å². The molecule has 1 aliphatic carbocycles. The lowest BCUT2D eigenvalue weighted by Crippen LogP contribution is -2.25. The highest BCUT2D eigenvalue weighted by Crippen LogP contribution is 2.57. The Hall–Kier alpha value is -0.600. The second kappa shape index (κ2) is 6.26. The predicted molar refractivity (Wildman–Crippen MR) is 97.3 cm³/mol. The molecule has 112 valence electrons. The summed E-state index contributed by atoms with van der Waals surface area (Å²) in [7, 11) is 0. The molecule has 0 aliphatic heterocycles. The topological polar surface area (TPSA) is 0 Å². The molecule has 0 saturated heterocycles. The van der Waals surface area contributed by atoms with Gasteiger partial charge in [0.15, 0.2) is 0 Å². The molecular weight excluding hydrogens is 340 g/mol. The third-order valence-corrected chi connectivity index (χ3v) is 6.49. The molecule has 0 unspecified atom stereocenters. The molecular formula is C19H23BrS. The van der Waals surface area contributed by atoms with E-state index >= 15 is 0 Å². The van der Waals surface area contributed by atoms with E-state index in [9.17, 15) is 0 Å². The summed E-state index contributed by atoms with van der Waals surface area (Å²) in [5.41, 5.74) is 4.92. The van der Waals surface area contributed by atoms with Crippen molar-refractivity contribution in [1.82, 2.24) is 0 Å². The molecule has 0 nitrogen and oxygen atoms in total. The van der Waals surface area contributed by atoms with Crippen molar-refractivity contribution in [3.8, 4) is 10.4 Å². The Morgan fingerprint density at radius 2 is 1.67 bits per heavy atom. The number of fused-ring (bicyclic) bond motifs is 3. The first-order valence-corrected chi connectivity index (χ1v) is 9.73. The second-order valence-corrected chi connectivity index (χ2v) is 8.56. The molecule has 0 bridgehead atoms. The number of thiophene rings is 1. The van der Waals surface area contributed by atoms with Gasteiger partial charge in [0.05, 0.1) is 3.79 Å². The Bertz CT molecular complexity index is 618. The van der Waals surface area contributed by atoms with E-state index in [1.165, 1.54) is 52.8 Å². The minimum atomic E-state index is 0.264. The molecule has 21 heavy (non-hydrogen) atoms. The lowest BCUT2D eigenvalue weighted by atomic mass is 9.71. The maximum absolute atomic E-state index is 3.72. The average molecular weight is 363 g/mol. The van der Waals surface area contributed by atoms with Gasteiger partial charge in [-0.1, -0.05) is 63.8 Å². The highest BCUT2D eigenvalue weighted by Gasteiger charge is 2.43. The number of halogens is 1. The quantitative estimate of drug-likeness (QED) is 0.511. The van der Waals surface area contributed by atoms with Crippen LogP contribution in [0.5, 0.6) is 0 Å². The van der Waals surface area contributed by atoms with Crippen LogP contribution < -0.4 is 0 Å². The van der Waals surface area contributed by atoms with Gasteiger partial charge in [0.25, 0.3) is 0 Å². The summed E-state index contributed by atoms with van der Waals surface area (Å²) in [5, 5.41) is 0. The minimum absolute atomic E-state index is 0.264. The van der Waals surface area contributed by atoms with E-state index in [-0.39, 0.29) is 5.41 Å². The van der Waals surface area contributed by atoms with Crippen molar-refractivity contribution in [2.24, 2.45) is 0 Å². The van der Waals surface area contributed by atoms with Gasteiger partial charge < -0.3 is 0 Å². The van der Waals surface area contributed by atoms with Gasteiger partial charge in [0, 0.05) is 10.3 Å². The van der Waals surface area contributed by atoms with Crippen LogP contribution in [0.1, 0.15) is 63.5 Å². The number of unbranched alkanes of at least 4 members (excludes halogenated alkanes) is 2. The van der Waals surface area contributed by atoms with Crippen molar-refractivity contribution in [2.45, 2.75) is 57.8 Å². The van der Waals surface area contributed by atoms with Gasteiger partial charge in [0.1, 0.15) is 0 Å². The molecule has 1 aliphatic rings. The van der Waals surface area contributed by atoms with E-state index < -0.39 is 0 Å². The van der Waals surface area contributed by atoms with Gasteiger partial charge in [0.2, 0.25) is 0 Å². The van der Waals surface area contributed by atoms with Crippen molar-refractivity contribution in [1.29, 1.82) is 0 Å². The molecule has 0 radical (unpaired) electrons. The molecule has 0 amide bonds. The maximum Gasteiger partial charge on any atom is 0.0708 e. The van der Waals surface area contributed by atoms with E-state index in [1.807, 2.05) is 11.3 Å². The summed E-state index contributed by atoms with van der Waals surface area (Å²) >= 11 is 5.62. The van der Waals surface area contributed by atoms with Crippen LogP contribution in [0.15, 0.2) is 34.1 Å². The fraction of sp³-hybridized carbons (Fsp3) is 0.474. The standard InChI is InChI=1S/C19H23BrS/c1-3-5-11-19(12-6-4-2)15-10-8-7-9-14(15)18-16(19)13-17(20)21-18/h7-10,13H,3-6,11-12H2,1-2H3. The van der Waals surface area contributed by atoms with Crippen molar-refractivity contribution in [2.75, 3.05) is 0 Å². The van der Waals surface area contributed by atoms with Gasteiger partial charge in [-0.05, 0) is 51.5 Å². The molecule has 0 spiro atoms. The first kappa shape index (κ1) is 15.3. The van der Waals surface area contributed by atoms with Gasteiger partial charge >= 0.3 is 0 Å². The first-order chi connectivity index (χ1) is 10.2. The fourth-order valence-electron chi connectivity index (χ4n) is 3.78. The second-order valence-electron chi connectivity index (χ2n) is 6.13. The van der Waals surface area contributed by atoms with E-state index in [2.05, 4.69) is 60.1 Å². The Morgan fingerprint density at radius 1 is 1.00 bits per heavy atom. The smallest absolute Gasteiger partial charge is 0.0708 e. The highest BCUT2D eigenvalue weighted by molar-refractivity contribution is 9.11. The van der Waals surface area contributed by atoms with Crippen LogP contribution >= 0.6 is 27.3 Å². The Labute approximate surface area is 140 Å². The fourth-order valence-corrected chi connectivity index (χ4v) is 5.52. The van der Waals surface area contributed by atoms with Crippen LogP contribution in [0.4, 0.5) is 0 Å². The molecule has 0 atom stereocenters. The lowest BCUT2D eigenvalue weighted by Gasteiger charge is -2.32. The molecule has 1 aromatic heterocycles. The van der Waals surface area contributed by atoms with Gasteiger partial charge in [-0.2, -0.15) is 0 Å². The SMILES string of the molecule is CCCCC1(CCCC)c2ccccc2-c2sc(Br)cc21. The molecule has 2 aromatic rings. The predicted octanol–water partition coefficient (Wildman–Crippen LogP) is 7.16. The number of hydrogen-bond donors (Lipinski definition) is 0. The van der Waals surface area contributed by atoms with Gasteiger partial charge in [-0.3, -0.25) is 0 Å². The first-order valence-electron chi connectivity index (χ1n) is 8.12. The summed E-state index contributed by atoms with van der Waals surface area (Å²) < 4.78 is 1.28. The van der Waals surface area contributed by atoms with E-state index in [0.29, 0.717) is 0 Å². The molecule has 3 rings (SSSR count). The van der Waals surface area contributed by atoms with Crippen LogP contribution in [0.2, 0.25) is 0 Å². The zero-order chi connectivity index (χ0) is 14.9. The summed E-state index contributed by atoms with van der Waals surface area (Å²) in [4.78, 5) is 1.50. The normalized spacial score (nSPS) is 15.0. The minimum Gasteiger partial charge on any atom is -0.128 e. The maximum atomic E-state index is 3.72. The van der Waals surface area contributed by atoms with Crippen molar-refractivity contribution in [3.63, 3.8) is 0 Å². The molecule has 0 N–H and O–H groups in total. The Kier molecular flexibility index (Phi) is 4.56. The van der Waals surface area contributed by atoms with Crippen LogP contribution in [-0.2, 0) is 5.41 Å². The summed E-state index contributed by atoms with van der Waals surface area (Å²) in [6.45, 7) is 4.61. The highest BCUT2D eigenvalue weighted by atomic mass is 79.9. The van der Waals surface area contributed by atoms with E-state index in [4.69, 9.17) is 0 Å². The lowest BCUT2D eigenvalue weighted by molar-refractivity contribution is 0.415. The van der Waals surface area contributed by atoms with Crippen molar-refractivity contribution >= 4 is 27.3 Å². The number of hydrogen-bond acceptors (Lipinski definition) is 1. The van der Waals surface area contributed by atoms with Crippen LogP contribution in [-0.4, -0.2) is 0 Å². The van der Waals surface area contributed by atoms with Crippen LogP contribution in [0, 0.1) is 0 Å². The monoisotopic (exact) mass is 362 g/mol. The van der Waals surface area contributed by atoms with E-state index in [1.54, 1.807) is 11.1 Å². The summed E-state index contributed by atoms with van der Waals surface area (Å²) in [6, 6.07) is 11.5. The largest absolute Gasteiger partial charge is 0.128 e. The third-order valence-electron chi connectivity index (χ3n) is 4.82. The Balaban J connectivity index is 2.16. The summed E-state index contributed by atoms with van der Waals surface area (Å²) in [5.74, 6) is 0. The zero-order valence-corrected chi connectivity index (χ0v) is 15.3. The Morgan fingerprint density at radius 3 is 2.33 bits per heavy atom. The van der Waals surface area contributed by atoms with E-state index in [0.717, 1.165) is 0 Å². The van der Waals surface area contributed by atoms with Crippen molar-refractivity contribution < 1.29 is 0 Å². The molecule has 1 aromatic carbocycles.